The second kappa shape index (κ2) is 4.52. The lowest BCUT2D eigenvalue weighted by Gasteiger charge is -2.06. The molecule has 1 heterocycles. The zero-order chi connectivity index (χ0) is 13.6. The van der Waals surface area contributed by atoms with E-state index < -0.39 is 11.6 Å². The number of nitrogens with zero attached hydrogens (tertiary/aromatic N) is 1. The first-order valence-corrected chi connectivity index (χ1v) is 6.60. The van der Waals surface area contributed by atoms with Gasteiger partial charge in [0.25, 0.3) is 5.56 Å². The molecular weight excluding hydrogens is 318 g/mol. The monoisotopic (exact) mass is 326 g/mol. The van der Waals surface area contributed by atoms with E-state index in [1.807, 2.05) is 0 Å². The Balaban J connectivity index is 2.14. The van der Waals surface area contributed by atoms with Gasteiger partial charge in [0.05, 0.1) is 5.69 Å². The maximum absolute atomic E-state index is 13.2. The van der Waals surface area contributed by atoms with Crippen LogP contribution in [0.1, 0.15) is 24.5 Å². The summed E-state index contributed by atoms with van der Waals surface area (Å²) in [4.78, 5) is 18.7. The molecule has 6 heteroatoms. The molecule has 0 unspecified atom stereocenters. The van der Waals surface area contributed by atoms with Crippen LogP contribution >= 0.6 is 15.9 Å². The van der Waals surface area contributed by atoms with Crippen LogP contribution in [0, 0.1) is 11.6 Å². The van der Waals surface area contributed by atoms with E-state index >= 15 is 0 Å². The lowest BCUT2D eigenvalue weighted by atomic mass is 10.2. The zero-order valence-corrected chi connectivity index (χ0v) is 11.3. The van der Waals surface area contributed by atoms with E-state index in [1.165, 1.54) is 6.07 Å². The molecule has 0 spiro atoms. The summed E-state index contributed by atoms with van der Waals surface area (Å²) in [5.74, 6) is -1.35. The van der Waals surface area contributed by atoms with Crippen LogP contribution in [0.5, 0.6) is 0 Å². The maximum Gasteiger partial charge on any atom is 0.265 e. The van der Waals surface area contributed by atoms with Crippen molar-refractivity contribution in [1.82, 2.24) is 9.97 Å². The summed E-state index contributed by atoms with van der Waals surface area (Å²) >= 11 is 3.21. The predicted octanol–water partition coefficient (Wildman–Crippen LogP) is 3.36. The molecule has 0 amide bonds. The van der Waals surface area contributed by atoms with Crippen LogP contribution in [0.2, 0.25) is 0 Å². The third-order valence-corrected chi connectivity index (χ3v) is 3.81. The second-order valence-electron chi connectivity index (χ2n) is 4.52. The van der Waals surface area contributed by atoms with Gasteiger partial charge in [-0.3, -0.25) is 4.79 Å². The summed E-state index contributed by atoms with van der Waals surface area (Å²) in [5, 5.41) is 0. The van der Waals surface area contributed by atoms with Gasteiger partial charge in [0.1, 0.15) is 10.3 Å². The molecule has 98 valence electrons. The van der Waals surface area contributed by atoms with E-state index in [4.69, 9.17) is 0 Å². The first-order valence-electron chi connectivity index (χ1n) is 5.81. The van der Waals surface area contributed by atoms with Crippen molar-refractivity contribution in [3.8, 4) is 11.4 Å². The van der Waals surface area contributed by atoms with Crippen LogP contribution in [-0.4, -0.2) is 9.97 Å². The van der Waals surface area contributed by atoms with Crippen LogP contribution in [0.25, 0.3) is 11.4 Å². The van der Waals surface area contributed by atoms with Crippen molar-refractivity contribution in [3.05, 3.63) is 50.4 Å². The van der Waals surface area contributed by atoms with E-state index in [9.17, 15) is 13.6 Å². The highest BCUT2D eigenvalue weighted by atomic mass is 79.9. The number of hydrogen-bond donors (Lipinski definition) is 1. The van der Waals surface area contributed by atoms with Crippen molar-refractivity contribution in [2.24, 2.45) is 0 Å². The van der Waals surface area contributed by atoms with E-state index in [0.29, 0.717) is 15.7 Å². The quantitative estimate of drug-likeness (QED) is 0.919. The fraction of sp³-hybridized carbons (Fsp3) is 0.231. The molecule has 0 radical (unpaired) electrons. The molecule has 1 fully saturated rings. The highest BCUT2D eigenvalue weighted by molar-refractivity contribution is 9.10. The number of halogens is 3. The molecule has 1 aromatic heterocycles. The minimum absolute atomic E-state index is 0.258. The van der Waals surface area contributed by atoms with Gasteiger partial charge in [-0.2, -0.15) is 0 Å². The highest BCUT2D eigenvalue weighted by Crippen LogP contribution is 2.41. The molecule has 0 atom stereocenters. The molecule has 3 rings (SSSR count). The van der Waals surface area contributed by atoms with Crippen LogP contribution in [0.3, 0.4) is 0 Å². The maximum atomic E-state index is 13.2. The van der Waals surface area contributed by atoms with Crippen LogP contribution < -0.4 is 5.56 Å². The summed E-state index contributed by atoms with van der Waals surface area (Å²) in [6.07, 6.45) is 1.98. The number of rotatable bonds is 2. The normalized spacial score (nSPS) is 14.7. The summed E-state index contributed by atoms with van der Waals surface area (Å²) in [6.45, 7) is 0. The van der Waals surface area contributed by atoms with Gasteiger partial charge in [0.2, 0.25) is 0 Å². The average Bonchev–Trinajstić information content (AvgIpc) is 3.20. The van der Waals surface area contributed by atoms with Crippen molar-refractivity contribution in [2.75, 3.05) is 0 Å². The topological polar surface area (TPSA) is 45.8 Å². The summed E-state index contributed by atoms with van der Waals surface area (Å²) in [7, 11) is 0. The molecule has 1 aliphatic carbocycles. The summed E-state index contributed by atoms with van der Waals surface area (Å²) < 4.78 is 26.5. The number of aromatic nitrogens is 2. The van der Waals surface area contributed by atoms with Crippen molar-refractivity contribution in [3.63, 3.8) is 0 Å². The Morgan fingerprint density at radius 1 is 1.26 bits per heavy atom. The molecule has 1 aliphatic rings. The smallest absolute Gasteiger partial charge is 0.265 e. The minimum atomic E-state index is -0.962. The van der Waals surface area contributed by atoms with Crippen LogP contribution in [0.15, 0.2) is 27.5 Å². The fourth-order valence-electron chi connectivity index (χ4n) is 1.88. The van der Waals surface area contributed by atoms with Crippen molar-refractivity contribution < 1.29 is 8.78 Å². The van der Waals surface area contributed by atoms with Crippen LogP contribution in [0.4, 0.5) is 8.78 Å². The molecule has 0 saturated heterocycles. The van der Waals surface area contributed by atoms with E-state index in [0.717, 1.165) is 25.0 Å². The first kappa shape index (κ1) is 12.5. The number of benzene rings is 1. The number of H-pyrrole nitrogens is 1. The van der Waals surface area contributed by atoms with Gasteiger partial charge in [0, 0.05) is 11.5 Å². The Hall–Kier alpha value is -1.56. The van der Waals surface area contributed by atoms with Gasteiger partial charge < -0.3 is 4.98 Å². The summed E-state index contributed by atoms with van der Waals surface area (Å²) in [6, 6.07) is 3.43. The van der Waals surface area contributed by atoms with E-state index in [1.54, 1.807) is 0 Å². The summed E-state index contributed by atoms with van der Waals surface area (Å²) in [5.41, 5.74) is 0.727. The third-order valence-electron chi connectivity index (χ3n) is 3.05. The largest absolute Gasteiger partial charge is 0.306 e. The molecule has 19 heavy (non-hydrogen) atoms. The Morgan fingerprint density at radius 3 is 2.63 bits per heavy atom. The first-order chi connectivity index (χ1) is 9.06. The molecule has 0 bridgehead atoms. The average molecular weight is 327 g/mol. The third kappa shape index (κ3) is 2.32. The minimum Gasteiger partial charge on any atom is -0.306 e. The lowest BCUT2D eigenvalue weighted by Crippen LogP contribution is -2.13. The van der Waals surface area contributed by atoms with Gasteiger partial charge >= 0.3 is 0 Å². The standard InChI is InChI=1S/C13H9BrF2N2O/c14-10-11(6-1-2-6)17-12(18-13(10)19)7-3-4-8(15)9(16)5-7/h3-6H,1-2H2,(H,17,18,19). The Morgan fingerprint density at radius 2 is 2.00 bits per heavy atom. The predicted molar refractivity (Wildman–Crippen MR) is 69.9 cm³/mol. The molecular formula is C13H9BrF2N2O. The Kier molecular flexibility index (Phi) is 2.97. The second-order valence-corrected chi connectivity index (χ2v) is 5.31. The van der Waals surface area contributed by atoms with E-state index in [-0.39, 0.29) is 17.3 Å². The zero-order valence-electron chi connectivity index (χ0n) is 9.71. The number of hydrogen-bond acceptors (Lipinski definition) is 2. The van der Waals surface area contributed by atoms with Crippen molar-refractivity contribution in [1.29, 1.82) is 0 Å². The van der Waals surface area contributed by atoms with Crippen molar-refractivity contribution in [2.45, 2.75) is 18.8 Å². The van der Waals surface area contributed by atoms with Crippen molar-refractivity contribution >= 4 is 15.9 Å². The van der Waals surface area contributed by atoms with Gasteiger partial charge in [-0.05, 0) is 47.0 Å². The number of aromatic amines is 1. The molecule has 2 aromatic rings. The van der Waals surface area contributed by atoms with Gasteiger partial charge in [0.15, 0.2) is 11.6 Å². The van der Waals surface area contributed by atoms with Crippen LogP contribution in [-0.2, 0) is 0 Å². The fourth-order valence-corrected chi connectivity index (χ4v) is 2.40. The molecule has 0 aliphatic heterocycles. The SMILES string of the molecule is O=c1[nH]c(-c2ccc(F)c(F)c2)nc(C2CC2)c1Br. The van der Waals surface area contributed by atoms with E-state index in [2.05, 4.69) is 25.9 Å². The molecule has 1 N–H and O–H groups in total. The number of nitrogens with one attached hydrogen (secondary N) is 1. The molecule has 3 nitrogen and oxygen atoms in total. The van der Waals surface area contributed by atoms with Gasteiger partial charge in [-0.25, -0.2) is 13.8 Å². The Bertz CT molecular complexity index is 710. The highest BCUT2D eigenvalue weighted by Gasteiger charge is 2.29. The Labute approximate surface area is 115 Å². The van der Waals surface area contributed by atoms with Gasteiger partial charge in [-0.15, -0.1) is 0 Å². The molecule has 1 aromatic carbocycles. The van der Waals surface area contributed by atoms with Gasteiger partial charge in [-0.1, -0.05) is 0 Å². The molecule has 1 saturated carbocycles. The lowest BCUT2D eigenvalue weighted by molar-refractivity contribution is 0.509.